The summed E-state index contributed by atoms with van der Waals surface area (Å²) < 4.78 is 5.46. The molecule has 0 saturated carbocycles. The van der Waals surface area contributed by atoms with E-state index in [9.17, 15) is 4.79 Å². The van der Waals surface area contributed by atoms with Gasteiger partial charge in [0, 0.05) is 0 Å². The van der Waals surface area contributed by atoms with Crippen LogP contribution >= 0.6 is 7.92 Å². The first kappa shape index (κ1) is 19.6. The molecule has 1 fully saturated rings. The zero-order valence-corrected chi connectivity index (χ0v) is 17.5. The second kappa shape index (κ2) is 8.35. The van der Waals surface area contributed by atoms with Gasteiger partial charge in [-0.1, -0.05) is 105 Å². The molecule has 0 aliphatic carbocycles. The third-order valence-corrected chi connectivity index (χ3v) is 8.94. The van der Waals surface area contributed by atoms with Crippen LogP contribution in [0.2, 0.25) is 0 Å². The first-order valence-electron chi connectivity index (χ1n) is 9.99. The largest absolute Gasteiger partial charge is 0.466 e. The highest BCUT2D eigenvalue weighted by Crippen LogP contribution is 2.69. The molecule has 3 aromatic carbocycles. The molecular weight excluding hydrogens is 375 g/mol. The first-order chi connectivity index (χ1) is 14.2. The molecule has 146 valence electrons. The Hall–Kier alpha value is -2.70. The fourth-order valence-electron chi connectivity index (χ4n) is 4.43. The quantitative estimate of drug-likeness (QED) is 0.322. The topological polar surface area (TPSA) is 26.3 Å². The normalized spacial score (nSPS) is 20.4. The number of ether oxygens (including phenoxy) is 1. The van der Waals surface area contributed by atoms with Crippen LogP contribution in [0.15, 0.2) is 103 Å². The molecule has 3 aromatic rings. The van der Waals surface area contributed by atoms with Gasteiger partial charge >= 0.3 is 5.97 Å². The summed E-state index contributed by atoms with van der Waals surface area (Å²) in [7, 11) is -0.763. The molecule has 0 radical (unpaired) electrons. The third-order valence-electron chi connectivity index (χ3n) is 5.68. The Morgan fingerprint density at radius 3 is 1.90 bits per heavy atom. The van der Waals surface area contributed by atoms with E-state index in [1.165, 1.54) is 16.4 Å². The summed E-state index contributed by atoms with van der Waals surface area (Å²) in [5, 5.41) is 0.861. The van der Waals surface area contributed by atoms with Gasteiger partial charge in [-0.15, -0.1) is 0 Å². The fraction of sp³-hybridized carbons (Fsp3) is 0.192. The molecule has 29 heavy (non-hydrogen) atoms. The van der Waals surface area contributed by atoms with Gasteiger partial charge in [-0.2, -0.15) is 0 Å². The molecule has 1 aliphatic heterocycles. The predicted octanol–water partition coefficient (Wildman–Crippen LogP) is 5.49. The average molecular weight is 400 g/mol. The predicted molar refractivity (Wildman–Crippen MR) is 121 cm³/mol. The average Bonchev–Trinajstić information content (AvgIpc) is 3.09. The molecule has 2 unspecified atom stereocenters. The van der Waals surface area contributed by atoms with Crippen molar-refractivity contribution in [3.05, 3.63) is 114 Å². The van der Waals surface area contributed by atoms with Crippen LogP contribution < -0.4 is 5.30 Å². The summed E-state index contributed by atoms with van der Waals surface area (Å²) >= 11 is 0. The van der Waals surface area contributed by atoms with Crippen LogP contribution in [-0.4, -0.2) is 18.7 Å². The number of hydrogen-bond donors (Lipinski definition) is 0. The van der Waals surface area contributed by atoms with Crippen molar-refractivity contribution >= 4 is 19.2 Å². The van der Waals surface area contributed by atoms with E-state index in [-0.39, 0.29) is 11.9 Å². The number of hydrogen-bond acceptors (Lipinski definition) is 2. The van der Waals surface area contributed by atoms with Crippen molar-refractivity contribution < 1.29 is 9.53 Å². The molecule has 0 spiro atoms. The van der Waals surface area contributed by atoms with E-state index < -0.39 is 13.1 Å². The minimum atomic E-state index is -0.763. The SMILES string of the molecule is C=C1C(C(=O)OCC)CP(c2ccccc2)C1(c1ccccc1)c1ccccc1. The zero-order valence-electron chi connectivity index (χ0n) is 16.6. The van der Waals surface area contributed by atoms with E-state index in [2.05, 4.69) is 79.4 Å². The van der Waals surface area contributed by atoms with Crippen molar-refractivity contribution in [3.8, 4) is 0 Å². The van der Waals surface area contributed by atoms with Crippen molar-refractivity contribution in [2.45, 2.75) is 12.1 Å². The van der Waals surface area contributed by atoms with E-state index in [0.29, 0.717) is 6.61 Å². The lowest BCUT2D eigenvalue weighted by Crippen LogP contribution is -2.29. The van der Waals surface area contributed by atoms with Gasteiger partial charge < -0.3 is 4.74 Å². The number of carbonyl (C=O) groups is 1. The lowest BCUT2D eigenvalue weighted by molar-refractivity contribution is -0.145. The van der Waals surface area contributed by atoms with E-state index >= 15 is 0 Å². The van der Waals surface area contributed by atoms with Gasteiger partial charge in [0.25, 0.3) is 0 Å². The number of benzene rings is 3. The molecule has 2 nitrogen and oxygen atoms in total. The summed E-state index contributed by atoms with van der Waals surface area (Å²) in [6.07, 6.45) is 0.751. The fourth-order valence-corrected chi connectivity index (χ4v) is 7.99. The Balaban J connectivity index is 1.98. The molecule has 1 saturated heterocycles. The second-order valence-electron chi connectivity index (χ2n) is 7.22. The molecule has 1 aliphatic rings. The van der Waals surface area contributed by atoms with Crippen LogP contribution in [0.25, 0.3) is 0 Å². The molecule has 4 rings (SSSR count). The van der Waals surface area contributed by atoms with Crippen molar-refractivity contribution in [1.29, 1.82) is 0 Å². The monoisotopic (exact) mass is 400 g/mol. The molecule has 3 heteroatoms. The van der Waals surface area contributed by atoms with Crippen LogP contribution in [0.4, 0.5) is 0 Å². The highest BCUT2D eigenvalue weighted by Gasteiger charge is 2.55. The summed E-state index contributed by atoms with van der Waals surface area (Å²) in [5.41, 5.74) is 3.33. The first-order valence-corrected chi connectivity index (χ1v) is 11.5. The lowest BCUT2D eigenvalue weighted by Gasteiger charge is -2.38. The highest BCUT2D eigenvalue weighted by atomic mass is 31.1. The maximum absolute atomic E-state index is 12.9. The van der Waals surface area contributed by atoms with Crippen LogP contribution in [0.3, 0.4) is 0 Å². The molecule has 0 bridgehead atoms. The smallest absolute Gasteiger partial charge is 0.313 e. The summed E-state index contributed by atoms with van der Waals surface area (Å²) in [6, 6.07) is 31.6. The molecular formula is C26H25O2P. The Morgan fingerprint density at radius 2 is 1.41 bits per heavy atom. The Bertz CT molecular complexity index is 943. The van der Waals surface area contributed by atoms with Crippen molar-refractivity contribution in [1.82, 2.24) is 0 Å². The van der Waals surface area contributed by atoms with Crippen molar-refractivity contribution in [2.75, 3.05) is 12.8 Å². The molecule has 0 amide bonds. The summed E-state index contributed by atoms with van der Waals surface area (Å²) in [6.45, 7) is 6.78. The Labute approximate surface area is 174 Å². The van der Waals surface area contributed by atoms with Gasteiger partial charge in [0.2, 0.25) is 0 Å². The highest BCUT2D eigenvalue weighted by molar-refractivity contribution is 7.67. The van der Waals surface area contributed by atoms with Gasteiger partial charge in [-0.05, 0) is 35.1 Å². The lowest BCUT2D eigenvalue weighted by atomic mass is 9.80. The Morgan fingerprint density at radius 1 is 0.931 bits per heavy atom. The number of carbonyl (C=O) groups excluding carboxylic acids is 1. The standard InChI is InChI=1S/C26H25O2P/c1-3-28-25(27)24-19-29(23-17-11-6-12-18-23)26(20(24)2,21-13-7-4-8-14-21)22-15-9-5-10-16-22/h4-18,24H,2-3,19H2,1H3. The van der Waals surface area contributed by atoms with E-state index in [4.69, 9.17) is 4.74 Å². The molecule has 0 aromatic heterocycles. The zero-order chi connectivity index (χ0) is 20.3. The minimum absolute atomic E-state index is 0.158. The maximum atomic E-state index is 12.9. The van der Waals surface area contributed by atoms with Crippen LogP contribution in [0, 0.1) is 5.92 Å². The summed E-state index contributed by atoms with van der Waals surface area (Å²) in [5.74, 6) is -0.462. The van der Waals surface area contributed by atoms with Gasteiger partial charge in [0.05, 0.1) is 17.7 Å². The van der Waals surface area contributed by atoms with Crippen LogP contribution in [0.5, 0.6) is 0 Å². The van der Waals surface area contributed by atoms with E-state index in [1.54, 1.807) is 0 Å². The third kappa shape index (κ3) is 3.32. The summed E-state index contributed by atoms with van der Waals surface area (Å²) in [4.78, 5) is 12.9. The molecule has 0 N–H and O–H groups in total. The maximum Gasteiger partial charge on any atom is 0.313 e. The van der Waals surface area contributed by atoms with Gasteiger partial charge in [-0.3, -0.25) is 4.79 Å². The number of esters is 1. The molecule has 1 heterocycles. The van der Waals surface area contributed by atoms with E-state index in [1.807, 2.05) is 25.1 Å². The van der Waals surface area contributed by atoms with Crippen molar-refractivity contribution in [2.24, 2.45) is 5.92 Å². The van der Waals surface area contributed by atoms with Crippen LogP contribution in [-0.2, 0) is 14.7 Å². The van der Waals surface area contributed by atoms with Gasteiger partial charge in [0.15, 0.2) is 0 Å². The van der Waals surface area contributed by atoms with Gasteiger partial charge in [0.1, 0.15) is 0 Å². The van der Waals surface area contributed by atoms with E-state index in [0.717, 1.165) is 11.7 Å². The van der Waals surface area contributed by atoms with Gasteiger partial charge in [-0.25, -0.2) is 0 Å². The Kier molecular flexibility index (Phi) is 5.65. The minimum Gasteiger partial charge on any atom is -0.466 e. The molecule has 2 atom stereocenters. The van der Waals surface area contributed by atoms with Crippen LogP contribution in [0.1, 0.15) is 18.1 Å². The van der Waals surface area contributed by atoms with Crippen molar-refractivity contribution in [3.63, 3.8) is 0 Å². The number of rotatable bonds is 5. The second-order valence-corrected chi connectivity index (χ2v) is 9.63.